The van der Waals surface area contributed by atoms with E-state index in [1.54, 1.807) is 0 Å². The summed E-state index contributed by atoms with van der Waals surface area (Å²) in [7, 11) is 0. The first-order valence-corrected chi connectivity index (χ1v) is 7.42. The maximum atomic E-state index is 9.17. The van der Waals surface area contributed by atoms with Crippen molar-refractivity contribution in [2.45, 2.75) is 19.5 Å². The molecule has 0 aromatic heterocycles. The summed E-state index contributed by atoms with van der Waals surface area (Å²) in [5.74, 6) is 0. The molecule has 0 saturated carbocycles. The topological polar surface area (TPSA) is 27.0 Å². The Morgan fingerprint density at radius 2 is 1.77 bits per heavy atom. The van der Waals surface area contributed by atoms with Crippen molar-refractivity contribution in [2.24, 2.45) is 0 Å². The summed E-state index contributed by atoms with van der Waals surface area (Å²) in [6.45, 7) is 2.88. The number of benzene rings is 2. The molecule has 0 saturated heterocycles. The van der Waals surface area contributed by atoms with Gasteiger partial charge in [-0.3, -0.25) is 0 Å². The fraction of sp³-hybridized carbons (Fsp3) is 0.150. The Hall–Kier alpha value is -2.79. The standard InChI is InChI=1S/C20H18N2/c1-16-7-10-19(11-8-16)20-12-9-18(13-21)15-22(20)14-17-5-3-2-4-6-17/h2-12,15,20H,14H2,1H3/t20-/m0/s1. The normalized spacial score (nSPS) is 17.0. The summed E-state index contributed by atoms with van der Waals surface area (Å²) in [5.41, 5.74) is 4.43. The Kier molecular flexibility index (Phi) is 4.07. The molecule has 3 rings (SSSR count). The molecule has 0 radical (unpaired) electrons. The average molecular weight is 286 g/mol. The van der Waals surface area contributed by atoms with Gasteiger partial charge in [-0.25, -0.2) is 0 Å². The first-order valence-electron chi connectivity index (χ1n) is 7.42. The zero-order chi connectivity index (χ0) is 15.4. The summed E-state index contributed by atoms with van der Waals surface area (Å²) in [4.78, 5) is 2.22. The summed E-state index contributed by atoms with van der Waals surface area (Å²) < 4.78 is 0. The van der Waals surface area contributed by atoms with Crippen molar-refractivity contribution in [2.75, 3.05) is 0 Å². The predicted molar refractivity (Wildman–Crippen MR) is 88.7 cm³/mol. The van der Waals surface area contributed by atoms with Gasteiger partial charge in [0.1, 0.15) is 6.07 Å². The van der Waals surface area contributed by atoms with Crippen LogP contribution in [0.3, 0.4) is 0 Å². The molecule has 1 atom stereocenters. The molecule has 1 aliphatic rings. The zero-order valence-electron chi connectivity index (χ0n) is 12.6. The molecule has 0 fully saturated rings. The predicted octanol–water partition coefficient (Wildman–Crippen LogP) is 4.52. The summed E-state index contributed by atoms with van der Waals surface area (Å²) in [5, 5.41) is 9.17. The van der Waals surface area contributed by atoms with E-state index >= 15 is 0 Å². The molecule has 108 valence electrons. The van der Waals surface area contributed by atoms with Crippen LogP contribution in [-0.4, -0.2) is 4.90 Å². The maximum absolute atomic E-state index is 9.17. The quantitative estimate of drug-likeness (QED) is 0.829. The van der Waals surface area contributed by atoms with Crippen LogP contribution in [0.4, 0.5) is 0 Å². The van der Waals surface area contributed by atoms with Gasteiger partial charge < -0.3 is 4.90 Å². The monoisotopic (exact) mass is 286 g/mol. The first-order chi connectivity index (χ1) is 10.8. The van der Waals surface area contributed by atoms with Crippen molar-refractivity contribution in [1.29, 1.82) is 5.26 Å². The lowest BCUT2D eigenvalue weighted by molar-refractivity contribution is 0.311. The Balaban J connectivity index is 1.90. The highest BCUT2D eigenvalue weighted by molar-refractivity contribution is 5.39. The van der Waals surface area contributed by atoms with Crippen LogP contribution in [0, 0.1) is 18.3 Å². The average Bonchev–Trinajstić information content (AvgIpc) is 2.57. The van der Waals surface area contributed by atoms with Gasteiger partial charge in [0.05, 0.1) is 11.6 Å². The highest BCUT2D eigenvalue weighted by atomic mass is 15.1. The van der Waals surface area contributed by atoms with Crippen LogP contribution in [0.25, 0.3) is 0 Å². The van der Waals surface area contributed by atoms with E-state index in [9.17, 15) is 5.26 Å². The van der Waals surface area contributed by atoms with Crippen LogP contribution in [0.5, 0.6) is 0 Å². The van der Waals surface area contributed by atoms with Crippen molar-refractivity contribution in [3.05, 3.63) is 95.2 Å². The molecule has 2 heteroatoms. The van der Waals surface area contributed by atoms with Crippen molar-refractivity contribution in [1.82, 2.24) is 4.90 Å². The Labute approximate surface area is 131 Å². The van der Waals surface area contributed by atoms with Crippen molar-refractivity contribution >= 4 is 0 Å². The van der Waals surface area contributed by atoms with Gasteiger partial charge in [-0.05, 0) is 24.1 Å². The molecule has 0 bridgehead atoms. The van der Waals surface area contributed by atoms with Gasteiger partial charge in [0, 0.05) is 12.7 Å². The number of rotatable bonds is 3. The van der Waals surface area contributed by atoms with Crippen molar-refractivity contribution in [3.8, 4) is 6.07 Å². The van der Waals surface area contributed by atoms with Gasteiger partial charge in [-0.2, -0.15) is 5.26 Å². The number of hydrogen-bond acceptors (Lipinski definition) is 2. The Bertz CT molecular complexity index is 734. The van der Waals surface area contributed by atoms with Gasteiger partial charge in [-0.15, -0.1) is 0 Å². The van der Waals surface area contributed by atoms with E-state index in [0.29, 0.717) is 5.57 Å². The number of aryl methyl sites for hydroxylation is 1. The van der Waals surface area contributed by atoms with Crippen LogP contribution < -0.4 is 0 Å². The second-order valence-corrected chi connectivity index (χ2v) is 5.57. The van der Waals surface area contributed by atoms with Crippen LogP contribution in [0.1, 0.15) is 22.7 Å². The second-order valence-electron chi connectivity index (χ2n) is 5.57. The molecular weight excluding hydrogens is 268 g/mol. The Morgan fingerprint density at radius 3 is 2.45 bits per heavy atom. The van der Waals surface area contributed by atoms with E-state index in [1.165, 1.54) is 16.7 Å². The van der Waals surface area contributed by atoms with Crippen molar-refractivity contribution < 1.29 is 0 Å². The number of hydrogen-bond donors (Lipinski definition) is 0. The van der Waals surface area contributed by atoms with Gasteiger partial charge in [0.15, 0.2) is 0 Å². The van der Waals surface area contributed by atoms with Gasteiger partial charge in [-0.1, -0.05) is 66.2 Å². The third kappa shape index (κ3) is 3.10. The van der Waals surface area contributed by atoms with Crippen LogP contribution in [0.15, 0.2) is 78.5 Å². The highest BCUT2D eigenvalue weighted by Gasteiger charge is 2.19. The lowest BCUT2D eigenvalue weighted by Crippen LogP contribution is -2.24. The maximum Gasteiger partial charge on any atom is 0.101 e. The fourth-order valence-corrected chi connectivity index (χ4v) is 2.68. The molecule has 0 N–H and O–H groups in total. The zero-order valence-corrected chi connectivity index (χ0v) is 12.6. The number of allylic oxidation sites excluding steroid dienone is 2. The highest BCUT2D eigenvalue weighted by Crippen LogP contribution is 2.29. The molecular formula is C20H18N2. The SMILES string of the molecule is Cc1ccc([C@@H]2C=CC(C#N)=CN2Cc2ccccc2)cc1. The molecule has 0 unspecified atom stereocenters. The van der Waals surface area contributed by atoms with Gasteiger partial charge in [0.2, 0.25) is 0 Å². The molecule has 1 aliphatic heterocycles. The second kappa shape index (κ2) is 6.32. The smallest absolute Gasteiger partial charge is 0.101 e. The molecule has 2 nitrogen and oxygen atoms in total. The van der Waals surface area contributed by atoms with E-state index < -0.39 is 0 Å². The van der Waals surface area contributed by atoms with E-state index in [2.05, 4.69) is 60.4 Å². The van der Waals surface area contributed by atoms with Crippen LogP contribution in [0.2, 0.25) is 0 Å². The molecule has 0 spiro atoms. The van der Waals surface area contributed by atoms with E-state index in [-0.39, 0.29) is 6.04 Å². The molecule has 0 amide bonds. The lowest BCUT2D eigenvalue weighted by atomic mass is 9.99. The van der Waals surface area contributed by atoms with E-state index in [0.717, 1.165) is 6.54 Å². The molecule has 22 heavy (non-hydrogen) atoms. The minimum Gasteiger partial charge on any atom is -0.361 e. The lowest BCUT2D eigenvalue weighted by Gasteiger charge is -2.31. The third-order valence-corrected chi connectivity index (χ3v) is 3.88. The minimum absolute atomic E-state index is 0.165. The molecule has 2 aromatic rings. The Morgan fingerprint density at radius 1 is 1.05 bits per heavy atom. The largest absolute Gasteiger partial charge is 0.361 e. The number of nitriles is 1. The summed E-state index contributed by atoms with van der Waals surface area (Å²) >= 11 is 0. The van der Waals surface area contributed by atoms with E-state index in [1.807, 2.05) is 30.5 Å². The molecule has 0 aliphatic carbocycles. The summed E-state index contributed by atoms with van der Waals surface area (Å²) in [6.07, 6.45) is 5.97. The van der Waals surface area contributed by atoms with Crippen LogP contribution >= 0.6 is 0 Å². The van der Waals surface area contributed by atoms with Crippen molar-refractivity contribution in [3.63, 3.8) is 0 Å². The fourth-order valence-electron chi connectivity index (χ4n) is 2.68. The van der Waals surface area contributed by atoms with Crippen LogP contribution in [-0.2, 0) is 6.54 Å². The molecule has 1 heterocycles. The third-order valence-electron chi connectivity index (χ3n) is 3.88. The summed E-state index contributed by atoms with van der Waals surface area (Å²) in [6, 6.07) is 21.3. The van der Waals surface area contributed by atoms with E-state index in [4.69, 9.17) is 0 Å². The number of nitrogens with zero attached hydrogens (tertiary/aromatic N) is 2. The minimum atomic E-state index is 0.165. The first kappa shape index (κ1) is 14.2. The molecule has 2 aromatic carbocycles. The van der Waals surface area contributed by atoms with Gasteiger partial charge in [0.25, 0.3) is 0 Å². The van der Waals surface area contributed by atoms with Gasteiger partial charge >= 0.3 is 0 Å².